The molecule has 2 nitrogen and oxygen atoms in total. The molecule has 1 aromatic heterocycles. The van der Waals surface area contributed by atoms with Crippen LogP contribution < -0.4 is 5.73 Å². The summed E-state index contributed by atoms with van der Waals surface area (Å²) in [5.74, 6) is -0.198. The Morgan fingerprint density at radius 2 is 2.00 bits per heavy atom. The largest absolute Gasteiger partial charge is 0.322 e. The molecule has 2 aromatic rings. The molecule has 1 heterocycles. The summed E-state index contributed by atoms with van der Waals surface area (Å²) in [5.41, 5.74) is 7.22. The Labute approximate surface area is 111 Å². The average molecular weight is 264 g/mol. The van der Waals surface area contributed by atoms with E-state index in [-0.39, 0.29) is 11.9 Å². The maximum atomic E-state index is 12.8. The van der Waals surface area contributed by atoms with Crippen molar-refractivity contribution >= 4 is 11.3 Å². The molecule has 0 fully saturated rings. The highest BCUT2D eigenvalue weighted by atomic mass is 32.1. The Hall–Kier alpha value is -1.23. The minimum absolute atomic E-state index is 0.0375. The van der Waals surface area contributed by atoms with E-state index in [2.05, 4.69) is 11.0 Å². The molecule has 1 aromatic carbocycles. The first-order valence-electron chi connectivity index (χ1n) is 5.87. The molecular formula is C14H17FN2S. The second-order valence-electron chi connectivity index (χ2n) is 4.45. The van der Waals surface area contributed by atoms with Gasteiger partial charge in [-0.15, -0.1) is 11.3 Å². The Morgan fingerprint density at radius 1 is 1.28 bits per heavy atom. The van der Waals surface area contributed by atoms with E-state index in [0.717, 1.165) is 18.7 Å². The van der Waals surface area contributed by atoms with Crippen molar-refractivity contribution in [3.63, 3.8) is 0 Å². The number of likely N-dealkylation sites (N-methyl/N-ethyl adjacent to an activating group) is 1. The number of halogens is 1. The van der Waals surface area contributed by atoms with E-state index in [9.17, 15) is 4.39 Å². The predicted molar refractivity (Wildman–Crippen MR) is 74.0 cm³/mol. The molecule has 0 spiro atoms. The van der Waals surface area contributed by atoms with E-state index in [1.165, 1.54) is 17.0 Å². The van der Waals surface area contributed by atoms with Crippen LogP contribution in [0.4, 0.5) is 4.39 Å². The second kappa shape index (κ2) is 6.09. The Kier molecular flexibility index (Phi) is 4.47. The van der Waals surface area contributed by atoms with E-state index in [1.54, 1.807) is 11.3 Å². The molecule has 0 saturated heterocycles. The topological polar surface area (TPSA) is 29.3 Å². The molecule has 0 aliphatic rings. The molecule has 0 radical (unpaired) electrons. The quantitative estimate of drug-likeness (QED) is 0.899. The zero-order valence-corrected chi connectivity index (χ0v) is 11.2. The van der Waals surface area contributed by atoms with Crippen LogP contribution in [0, 0.1) is 5.82 Å². The zero-order valence-electron chi connectivity index (χ0n) is 10.3. The monoisotopic (exact) mass is 264 g/mol. The number of benzene rings is 1. The van der Waals surface area contributed by atoms with Crippen LogP contribution in [0.1, 0.15) is 16.5 Å². The number of thiophene rings is 1. The maximum absolute atomic E-state index is 12.8. The maximum Gasteiger partial charge on any atom is 0.123 e. The minimum atomic E-state index is -0.198. The highest BCUT2D eigenvalue weighted by molar-refractivity contribution is 7.10. The van der Waals surface area contributed by atoms with Crippen LogP contribution in [-0.4, -0.2) is 18.5 Å². The Morgan fingerprint density at radius 3 is 2.61 bits per heavy atom. The fourth-order valence-corrected chi connectivity index (χ4v) is 2.61. The lowest BCUT2D eigenvalue weighted by molar-refractivity contribution is 0.306. The van der Waals surface area contributed by atoms with Gasteiger partial charge in [-0.25, -0.2) is 4.39 Å². The van der Waals surface area contributed by atoms with Crippen LogP contribution in [0.5, 0.6) is 0 Å². The van der Waals surface area contributed by atoms with Gasteiger partial charge in [0, 0.05) is 18.0 Å². The van der Waals surface area contributed by atoms with Gasteiger partial charge in [0.05, 0.1) is 6.04 Å². The molecule has 0 aliphatic heterocycles. The van der Waals surface area contributed by atoms with Gasteiger partial charge < -0.3 is 10.6 Å². The van der Waals surface area contributed by atoms with E-state index < -0.39 is 0 Å². The lowest BCUT2D eigenvalue weighted by Crippen LogP contribution is -2.28. The van der Waals surface area contributed by atoms with Gasteiger partial charge in [0.1, 0.15) is 5.82 Å². The third kappa shape index (κ3) is 3.63. The highest BCUT2D eigenvalue weighted by Gasteiger charge is 2.10. The van der Waals surface area contributed by atoms with Crippen LogP contribution in [0.3, 0.4) is 0 Å². The van der Waals surface area contributed by atoms with Crippen LogP contribution in [0.25, 0.3) is 0 Å². The predicted octanol–water partition coefficient (Wildman–Crippen LogP) is 3.02. The number of rotatable bonds is 5. The normalized spacial score (nSPS) is 12.9. The molecule has 1 unspecified atom stereocenters. The summed E-state index contributed by atoms with van der Waals surface area (Å²) < 4.78 is 12.8. The molecule has 4 heteroatoms. The average Bonchev–Trinajstić information content (AvgIpc) is 2.85. The van der Waals surface area contributed by atoms with E-state index in [4.69, 9.17) is 5.73 Å². The lowest BCUT2D eigenvalue weighted by Gasteiger charge is -2.20. The van der Waals surface area contributed by atoms with Crippen LogP contribution >= 0.6 is 11.3 Å². The molecular weight excluding hydrogens is 247 g/mol. The van der Waals surface area contributed by atoms with Crippen molar-refractivity contribution in [2.75, 3.05) is 13.6 Å². The molecule has 0 saturated carbocycles. The van der Waals surface area contributed by atoms with Gasteiger partial charge in [-0.1, -0.05) is 18.2 Å². The van der Waals surface area contributed by atoms with Gasteiger partial charge in [-0.05, 0) is 36.2 Å². The van der Waals surface area contributed by atoms with Crippen LogP contribution in [0.15, 0.2) is 41.8 Å². The number of hydrogen-bond acceptors (Lipinski definition) is 3. The van der Waals surface area contributed by atoms with Gasteiger partial charge in [0.25, 0.3) is 0 Å². The summed E-state index contributed by atoms with van der Waals surface area (Å²) in [4.78, 5) is 3.35. The Balaban J connectivity index is 1.88. The van der Waals surface area contributed by atoms with Crippen molar-refractivity contribution in [2.45, 2.75) is 12.6 Å². The number of hydrogen-bond donors (Lipinski definition) is 1. The zero-order chi connectivity index (χ0) is 13.0. The first-order chi connectivity index (χ1) is 8.65. The van der Waals surface area contributed by atoms with Gasteiger partial charge in [0.15, 0.2) is 0 Å². The molecule has 96 valence electrons. The van der Waals surface area contributed by atoms with Crippen molar-refractivity contribution in [1.29, 1.82) is 0 Å². The molecule has 2 N–H and O–H groups in total. The van der Waals surface area contributed by atoms with E-state index in [1.807, 2.05) is 30.6 Å². The molecule has 0 amide bonds. The summed E-state index contributed by atoms with van der Waals surface area (Å²) in [5, 5.41) is 2.04. The third-order valence-corrected chi connectivity index (χ3v) is 3.79. The van der Waals surface area contributed by atoms with Gasteiger partial charge in [-0.2, -0.15) is 0 Å². The fraction of sp³-hybridized carbons (Fsp3) is 0.286. The van der Waals surface area contributed by atoms with Gasteiger partial charge in [-0.3, -0.25) is 0 Å². The fourth-order valence-electron chi connectivity index (χ4n) is 1.89. The van der Waals surface area contributed by atoms with Crippen molar-refractivity contribution in [1.82, 2.24) is 4.90 Å². The molecule has 1 atom stereocenters. The second-order valence-corrected chi connectivity index (χ2v) is 5.42. The first kappa shape index (κ1) is 13.2. The minimum Gasteiger partial charge on any atom is -0.322 e. The smallest absolute Gasteiger partial charge is 0.123 e. The van der Waals surface area contributed by atoms with Gasteiger partial charge in [0.2, 0.25) is 0 Å². The Bertz CT molecular complexity index is 467. The molecule has 2 rings (SSSR count). The summed E-state index contributed by atoms with van der Waals surface area (Å²) in [6.07, 6.45) is 0. The standard InChI is InChI=1S/C14H17FN2S/c1-17(9-11-4-6-12(15)7-5-11)10-13(16)14-3-2-8-18-14/h2-8,13H,9-10,16H2,1H3. The SMILES string of the molecule is CN(Cc1ccc(F)cc1)CC(N)c1cccs1. The van der Waals surface area contributed by atoms with Crippen molar-refractivity contribution in [2.24, 2.45) is 5.73 Å². The molecule has 18 heavy (non-hydrogen) atoms. The summed E-state index contributed by atoms with van der Waals surface area (Å²) in [6, 6.07) is 10.7. The van der Waals surface area contributed by atoms with Crippen LogP contribution in [-0.2, 0) is 6.54 Å². The lowest BCUT2D eigenvalue weighted by atomic mass is 10.2. The van der Waals surface area contributed by atoms with Crippen LogP contribution in [0.2, 0.25) is 0 Å². The number of nitrogens with zero attached hydrogens (tertiary/aromatic N) is 1. The van der Waals surface area contributed by atoms with E-state index in [0.29, 0.717) is 0 Å². The van der Waals surface area contributed by atoms with Crippen molar-refractivity contribution < 1.29 is 4.39 Å². The highest BCUT2D eigenvalue weighted by Crippen LogP contribution is 2.18. The van der Waals surface area contributed by atoms with E-state index >= 15 is 0 Å². The molecule has 0 bridgehead atoms. The number of nitrogens with two attached hydrogens (primary N) is 1. The van der Waals surface area contributed by atoms with Crippen molar-refractivity contribution in [3.8, 4) is 0 Å². The third-order valence-electron chi connectivity index (χ3n) is 2.78. The molecule has 0 aliphatic carbocycles. The summed E-state index contributed by atoms with van der Waals surface area (Å²) >= 11 is 1.68. The van der Waals surface area contributed by atoms with Gasteiger partial charge >= 0.3 is 0 Å². The van der Waals surface area contributed by atoms with Crippen molar-refractivity contribution in [3.05, 3.63) is 58.0 Å². The summed E-state index contributed by atoms with van der Waals surface area (Å²) in [7, 11) is 2.02. The summed E-state index contributed by atoms with van der Waals surface area (Å²) in [6.45, 7) is 1.57. The first-order valence-corrected chi connectivity index (χ1v) is 6.75.